The van der Waals surface area contributed by atoms with Crippen molar-refractivity contribution in [1.29, 1.82) is 0 Å². The summed E-state index contributed by atoms with van der Waals surface area (Å²) in [6, 6.07) is 13.3. The summed E-state index contributed by atoms with van der Waals surface area (Å²) in [7, 11) is 0. The van der Waals surface area contributed by atoms with Crippen LogP contribution in [0.25, 0.3) is 17.5 Å². The zero-order chi connectivity index (χ0) is 17.9. The molecule has 3 aromatic rings. The van der Waals surface area contributed by atoms with E-state index in [-0.39, 0.29) is 19.0 Å². The minimum atomic E-state index is -0.467. The van der Waals surface area contributed by atoms with Gasteiger partial charge in [-0.15, -0.1) is 0 Å². The van der Waals surface area contributed by atoms with Crippen LogP contribution in [0.1, 0.15) is 11.3 Å². The van der Waals surface area contributed by atoms with Gasteiger partial charge < -0.3 is 13.9 Å². The number of carbonyl (C=O) groups excluding carboxylic acids is 1. The van der Waals surface area contributed by atoms with Gasteiger partial charge in [0.2, 0.25) is 5.89 Å². The zero-order valence-corrected chi connectivity index (χ0v) is 13.6. The van der Waals surface area contributed by atoms with E-state index in [0.717, 1.165) is 11.3 Å². The molecule has 0 saturated carbocycles. The van der Waals surface area contributed by atoms with Gasteiger partial charge in [0, 0.05) is 11.1 Å². The number of hydrogen-bond donors (Lipinski definition) is 0. The highest BCUT2D eigenvalue weighted by atomic mass is 19.1. The van der Waals surface area contributed by atoms with Crippen molar-refractivity contribution < 1.29 is 23.1 Å². The van der Waals surface area contributed by atoms with Gasteiger partial charge in [0.25, 0.3) is 0 Å². The molecule has 130 valence electrons. The fourth-order valence-corrected chi connectivity index (χ4v) is 2.56. The molecule has 0 radical (unpaired) electrons. The van der Waals surface area contributed by atoms with Crippen molar-refractivity contribution in [2.24, 2.45) is 0 Å². The first-order chi connectivity index (χ1) is 12.7. The molecule has 1 aliphatic rings. The lowest BCUT2D eigenvalue weighted by molar-refractivity contribution is -0.140. The summed E-state index contributed by atoms with van der Waals surface area (Å²) in [4.78, 5) is 16.5. The van der Waals surface area contributed by atoms with Crippen LogP contribution in [0.5, 0.6) is 5.75 Å². The summed E-state index contributed by atoms with van der Waals surface area (Å²) in [5.41, 5.74) is 2.39. The monoisotopic (exact) mass is 351 g/mol. The highest BCUT2D eigenvalue weighted by molar-refractivity contribution is 5.95. The number of esters is 1. The van der Waals surface area contributed by atoms with Gasteiger partial charge >= 0.3 is 5.97 Å². The number of fused-ring (bicyclic) bond motifs is 1. The molecular weight excluding hydrogens is 337 g/mol. The molecule has 0 atom stereocenters. The van der Waals surface area contributed by atoms with E-state index in [9.17, 15) is 9.18 Å². The maximum atomic E-state index is 13.0. The van der Waals surface area contributed by atoms with Crippen LogP contribution in [0.4, 0.5) is 4.39 Å². The Hall–Kier alpha value is -3.41. The van der Waals surface area contributed by atoms with E-state index in [1.165, 1.54) is 18.4 Å². The van der Waals surface area contributed by atoms with Crippen LogP contribution in [0, 0.1) is 5.82 Å². The third kappa shape index (κ3) is 3.35. The summed E-state index contributed by atoms with van der Waals surface area (Å²) in [6.07, 6.45) is 3.17. The molecule has 0 bridgehead atoms. The molecule has 4 rings (SSSR count). The summed E-state index contributed by atoms with van der Waals surface area (Å²) in [5.74, 6) is 0.277. The average molecular weight is 351 g/mol. The average Bonchev–Trinajstić information content (AvgIpc) is 3.15. The number of benzene rings is 2. The number of nitrogens with zero attached hydrogens (tertiary/aromatic N) is 1. The SMILES string of the molecule is O=C(OCc1coc(-c2ccc(F)cc2)n1)C1=Cc2ccccc2OC1. The predicted molar refractivity (Wildman–Crippen MR) is 91.6 cm³/mol. The fraction of sp³-hybridized carbons (Fsp3) is 0.100. The largest absolute Gasteiger partial charge is 0.488 e. The third-order valence-corrected chi connectivity index (χ3v) is 3.89. The Labute approximate surface area is 148 Å². The van der Waals surface area contributed by atoms with E-state index in [0.29, 0.717) is 22.7 Å². The summed E-state index contributed by atoms with van der Waals surface area (Å²) < 4.78 is 29.1. The molecule has 0 unspecified atom stereocenters. The molecule has 0 aliphatic carbocycles. The topological polar surface area (TPSA) is 61.6 Å². The van der Waals surface area contributed by atoms with E-state index in [4.69, 9.17) is 13.9 Å². The molecule has 0 spiro atoms. The van der Waals surface area contributed by atoms with Crippen LogP contribution >= 0.6 is 0 Å². The summed E-state index contributed by atoms with van der Waals surface area (Å²) in [5, 5.41) is 0. The van der Waals surface area contributed by atoms with Crippen molar-refractivity contribution in [1.82, 2.24) is 4.98 Å². The van der Waals surface area contributed by atoms with Gasteiger partial charge in [-0.3, -0.25) is 0 Å². The van der Waals surface area contributed by atoms with Crippen molar-refractivity contribution in [3.05, 3.63) is 77.4 Å². The van der Waals surface area contributed by atoms with Crippen LogP contribution in [0.3, 0.4) is 0 Å². The molecule has 26 heavy (non-hydrogen) atoms. The number of oxazole rings is 1. The standard InChI is InChI=1S/C20H14FNO4/c21-16-7-5-13(6-8-16)19-22-17(11-25-19)12-26-20(23)15-9-14-3-1-2-4-18(14)24-10-15/h1-9,11H,10,12H2. The van der Waals surface area contributed by atoms with E-state index in [2.05, 4.69) is 4.98 Å². The van der Waals surface area contributed by atoms with Crippen molar-refractivity contribution in [2.45, 2.75) is 6.61 Å². The van der Waals surface area contributed by atoms with E-state index >= 15 is 0 Å². The first kappa shape index (κ1) is 16.1. The van der Waals surface area contributed by atoms with Crippen LogP contribution in [0.15, 0.2) is 64.8 Å². The van der Waals surface area contributed by atoms with Crippen molar-refractivity contribution in [3.63, 3.8) is 0 Å². The lowest BCUT2D eigenvalue weighted by atomic mass is 10.1. The Morgan fingerprint density at radius 1 is 1.15 bits per heavy atom. The van der Waals surface area contributed by atoms with Crippen LogP contribution in [-0.4, -0.2) is 17.6 Å². The Morgan fingerprint density at radius 2 is 1.96 bits per heavy atom. The molecule has 1 aliphatic heterocycles. The van der Waals surface area contributed by atoms with E-state index < -0.39 is 5.97 Å². The Bertz CT molecular complexity index is 975. The number of hydrogen-bond acceptors (Lipinski definition) is 5. The molecule has 2 aromatic carbocycles. The molecule has 0 saturated heterocycles. The maximum absolute atomic E-state index is 13.0. The predicted octanol–water partition coefficient (Wildman–Crippen LogP) is 4.00. The van der Waals surface area contributed by atoms with Gasteiger partial charge in [0.1, 0.15) is 36.7 Å². The third-order valence-electron chi connectivity index (χ3n) is 3.89. The van der Waals surface area contributed by atoms with Gasteiger partial charge in [0.05, 0.1) is 5.57 Å². The first-order valence-electron chi connectivity index (χ1n) is 7.99. The van der Waals surface area contributed by atoms with Gasteiger partial charge in [-0.2, -0.15) is 0 Å². The van der Waals surface area contributed by atoms with Crippen LogP contribution < -0.4 is 4.74 Å². The molecule has 0 fully saturated rings. The second-order valence-electron chi connectivity index (χ2n) is 5.72. The highest BCUT2D eigenvalue weighted by Crippen LogP contribution is 2.26. The fourth-order valence-electron chi connectivity index (χ4n) is 2.56. The lowest BCUT2D eigenvalue weighted by Crippen LogP contribution is -2.17. The number of carbonyl (C=O) groups is 1. The van der Waals surface area contributed by atoms with E-state index in [1.807, 2.05) is 24.3 Å². The molecule has 5 nitrogen and oxygen atoms in total. The number of ether oxygens (including phenoxy) is 2. The van der Waals surface area contributed by atoms with Crippen LogP contribution in [0.2, 0.25) is 0 Å². The Morgan fingerprint density at radius 3 is 2.81 bits per heavy atom. The lowest BCUT2D eigenvalue weighted by Gasteiger charge is -2.16. The van der Waals surface area contributed by atoms with Crippen molar-refractivity contribution in [2.75, 3.05) is 6.61 Å². The highest BCUT2D eigenvalue weighted by Gasteiger charge is 2.19. The minimum Gasteiger partial charge on any atom is -0.488 e. The molecule has 0 amide bonds. The Balaban J connectivity index is 1.41. The molecule has 2 heterocycles. The number of aromatic nitrogens is 1. The number of para-hydroxylation sites is 1. The number of rotatable bonds is 4. The second-order valence-corrected chi connectivity index (χ2v) is 5.72. The zero-order valence-electron chi connectivity index (χ0n) is 13.6. The first-order valence-corrected chi connectivity index (χ1v) is 7.99. The molecule has 6 heteroatoms. The van der Waals surface area contributed by atoms with E-state index in [1.54, 1.807) is 18.2 Å². The maximum Gasteiger partial charge on any atom is 0.337 e. The quantitative estimate of drug-likeness (QED) is 0.665. The van der Waals surface area contributed by atoms with Crippen LogP contribution in [-0.2, 0) is 16.1 Å². The van der Waals surface area contributed by atoms with Gasteiger partial charge in [0.15, 0.2) is 0 Å². The van der Waals surface area contributed by atoms with Crippen molar-refractivity contribution in [3.8, 4) is 17.2 Å². The van der Waals surface area contributed by atoms with Gasteiger partial charge in [-0.1, -0.05) is 18.2 Å². The normalized spacial score (nSPS) is 12.7. The summed E-state index contributed by atoms with van der Waals surface area (Å²) in [6.45, 7) is 0.137. The van der Waals surface area contributed by atoms with Gasteiger partial charge in [-0.05, 0) is 36.4 Å². The smallest absolute Gasteiger partial charge is 0.337 e. The second kappa shape index (κ2) is 6.84. The number of halogens is 1. The molecule has 1 aromatic heterocycles. The minimum absolute atomic E-state index is 0.0253. The molecule has 0 N–H and O–H groups in total. The van der Waals surface area contributed by atoms with Crippen molar-refractivity contribution >= 4 is 12.0 Å². The van der Waals surface area contributed by atoms with Gasteiger partial charge in [-0.25, -0.2) is 14.2 Å². The summed E-state index contributed by atoms with van der Waals surface area (Å²) >= 11 is 0. The Kier molecular flexibility index (Phi) is 4.23. The molecular formula is C20H14FNO4.